The molecule has 2 fully saturated rings. The van der Waals surface area contributed by atoms with Gasteiger partial charge < -0.3 is 5.32 Å². The highest BCUT2D eigenvalue weighted by atomic mass is 32.2. The summed E-state index contributed by atoms with van der Waals surface area (Å²) in [5, 5.41) is 4.58. The largest absolute Gasteiger partial charge is 0.314 e. The number of hydrogen-bond donors (Lipinski definition) is 1. The predicted molar refractivity (Wildman–Crippen MR) is 60.4 cm³/mol. The van der Waals surface area contributed by atoms with Crippen molar-refractivity contribution in [2.45, 2.75) is 56.2 Å². The maximum Gasteiger partial charge on any atom is 0.00682 e. The van der Waals surface area contributed by atoms with Crippen molar-refractivity contribution in [1.29, 1.82) is 0 Å². The average Bonchev–Trinajstić information content (AvgIpc) is 2.81. The Kier molecular flexibility index (Phi) is 3.98. The van der Waals surface area contributed by atoms with Crippen LogP contribution in [0, 0.1) is 0 Å². The van der Waals surface area contributed by atoms with Crippen LogP contribution in [-0.2, 0) is 0 Å². The fourth-order valence-corrected chi connectivity index (χ4v) is 3.28. The quantitative estimate of drug-likeness (QED) is 0.660. The second kappa shape index (κ2) is 5.26. The minimum atomic E-state index is 0.900. The van der Waals surface area contributed by atoms with Gasteiger partial charge in [0.25, 0.3) is 0 Å². The van der Waals surface area contributed by atoms with Crippen molar-refractivity contribution in [2.75, 3.05) is 12.3 Å². The summed E-state index contributed by atoms with van der Waals surface area (Å²) in [7, 11) is 0. The summed E-state index contributed by atoms with van der Waals surface area (Å²) in [5.74, 6) is 1.38. The van der Waals surface area contributed by atoms with Crippen molar-refractivity contribution < 1.29 is 0 Å². The van der Waals surface area contributed by atoms with Crippen LogP contribution < -0.4 is 5.32 Å². The van der Waals surface area contributed by atoms with Crippen molar-refractivity contribution in [3.05, 3.63) is 0 Å². The fourth-order valence-electron chi connectivity index (χ4n) is 1.97. The van der Waals surface area contributed by atoms with Gasteiger partial charge in [-0.05, 0) is 44.4 Å². The first-order valence-corrected chi connectivity index (χ1v) is 6.85. The third kappa shape index (κ3) is 3.90. The summed E-state index contributed by atoms with van der Waals surface area (Å²) in [5.41, 5.74) is 0. The van der Waals surface area contributed by atoms with Gasteiger partial charge in [0, 0.05) is 11.3 Å². The van der Waals surface area contributed by atoms with E-state index in [9.17, 15) is 0 Å². The predicted octanol–water partition coefficient (Wildman–Crippen LogP) is 2.80. The summed E-state index contributed by atoms with van der Waals surface area (Å²) in [6.45, 7) is 1.25. The fraction of sp³-hybridized carbons (Fsp3) is 1.00. The molecule has 1 N–H and O–H groups in total. The highest BCUT2D eigenvalue weighted by Crippen LogP contribution is 2.29. The molecule has 0 bridgehead atoms. The smallest absolute Gasteiger partial charge is 0.00682 e. The third-order valence-electron chi connectivity index (χ3n) is 2.99. The molecule has 2 saturated carbocycles. The molecule has 0 amide bonds. The van der Waals surface area contributed by atoms with Gasteiger partial charge in [-0.25, -0.2) is 0 Å². The molecule has 2 heteroatoms. The number of nitrogens with one attached hydrogen (secondary N) is 1. The van der Waals surface area contributed by atoms with E-state index in [0.29, 0.717) is 0 Å². The molecule has 0 aromatic carbocycles. The van der Waals surface area contributed by atoms with Gasteiger partial charge in [-0.3, -0.25) is 0 Å². The van der Waals surface area contributed by atoms with Gasteiger partial charge in [0.05, 0.1) is 0 Å². The zero-order chi connectivity index (χ0) is 8.93. The van der Waals surface area contributed by atoms with Gasteiger partial charge in [0.15, 0.2) is 0 Å². The topological polar surface area (TPSA) is 12.0 Å². The Balaban J connectivity index is 1.39. The van der Waals surface area contributed by atoms with E-state index in [4.69, 9.17) is 0 Å². The number of thioether (sulfide) groups is 1. The Morgan fingerprint density at radius 2 is 1.85 bits per heavy atom. The monoisotopic (exact) mass is 199 g/mol. The first-order chi connectivity index (χ1) is 6.45. The molecule has 2 aliphatic rings. The molecule has 0 heterocycles. The standard InChI is InChI=1S/C11H21NS/c1-2-5-11(4-1)13-9-3-8-12-10-6-7-10/h10-12H,1-9H2. The van der Waals surface area contributed by atoms with Gasteiger partial charge in [-0.2, -0.15) is 11.8 Å². The molecular formula is C11H21NS. The molecule has 0 spiro atoms. The Morgan fingerprint density at radius 3 is 2.54 bits per heavy atom. The summed E-state index contributed by atoms with van der Waals surface area (Å²) < 4.78 is 0. The van der Waals surface area contributed by atoms with E-state index in [0.717, 1.165) is 11.3 Å². The number of hydrogen-bond acceptors (Lipinski definition) is 2. The molecule has 0 unspecified atom stereocenters. The van der Waals surface area contributed by atoms with Crippen molar-refractivity contribution in [2.24, 2.45) is 0 Å². The lowest BCUT2D eigenvalue weighted by Crippen LogP contribution is -2.18. The minimum Gasteiger partial charge on any atom is -0.314 e. The van der Waals surface area contributed by atoms with Gasteiger partial charge in [-0.15, -0.1) is 0 Å². The third-order valence-corrected chi connectivity index (χ3v) is 4.45. The minimum absolute atomic E-state index is 0.900. The van der Waals surface area contributed by atoms with E-state index in [1.54, 1.807) is 0 Å². The van der Waals surface area contributed by atoms with Crippen LogP contribution in [0.5, 0.6) is 0 Å². The van der Waals surface area contributed by atoms with E-state index in [-0.39, 0.29) is 0 Å². The lowest BCUT2D eigenvalue weighted by atomic mass is 10.4. The van der Waals surface area contributed by atoms with Gasteiger partial charge >= 0.3 is 0 Å². The lowest BCUT2D eigenvalue weighted by Gasteiger charge is -2.08. The van der Waals surface area contributed by atoms with Crippen LogP contribution in [0.1, 0.15) is 44.9 Å². The summed E-state index contributed by atoms with van der Waals surface area (Å²) in [4.78, 5) is 0. The maximum absolute atomic E-state index is 3.57. The number of rotatable bonds is 6. The molecule has 0 aliphatic heterocycles. The molecule has 2 rings (SSSR count). The van der Waals surface area contributed by atoms with E-state index in [1.807, 2.05) is 0 Å². The molecule has 0 radical (unpaired) electrons. The van der Waals surface area contributed by atoms with Crippen LogP contribution in [-0.4, -0.2) is 23.6 Å². The van der Waals surface area contributed by atoms with E-state index in [2.05, 4.69) is 17.1 Å². The average molecular weight is 199 g/mol. The molecule has 0 aromatic heterocycles. The molecule has 0 saturated heterocycles. The van der Waals surface area contributed by atoms with Gasteiger partial charge in [-0.1, -0.05) is 12.8 Å². The van der Waals surface area contributed by atoms with Gasteiger partial charge in [0.2, 0.25) is 0 Å². The molecule has 13 heavy (non-hydrogen) atoms. The molecule has 0 atom stereocenters. The highest BCUT2D eigenvalue weighted by molar-refractivity contribution is 7.99. The Labute approximate surface area is 86.0 Å². The van der Waals surface area contributed by atoms with Crippen molar-refractivity contribution in [1.82, 2.24) is 5.32 Å². The normalized spacial score (nSPS) is 24.0. The van der Waals surface area contributed by atoms with Crippen LogP contribution in [0.15, 0.2) is 0 Å². The second-order valence-corrected chi connectivity index (χ2v) is 5.77. The molecule has 1 nitrogen and oxygen atoms in total. The van der Waals surface area contributed by atoms with E-state index >= 15 is 0 Å². The first kappa shape index (κ1) is 9.85. The van der Waals surface area contributed by atoms with Gasteiger partial charge in [0.1, 0.15) is 0 Å². The summed E-state index contributed by atoms with van der Waals surface area (Å²) in [6.07, 6.45) is 10.2. The van der Waals surface area contributed by atoms with Crippen LogP contribution in [0.3, 0.4) is 0 Å². The van der Waals surface area contributed by atoms with E-state index < -0.39 is 0 Å². The van der Waals surface area contributed by atoms with Crippen LogP contribution in [0.25, 0.3) is 0 Å². The molecule has 2 aliphatic carbocycles. The molecule has 76 valence electrons. The lowest BCUT2D eigenvalue weighted by molar-refractivity contribution is 0.673. The Morgan fingerprint density at radius 1 is 1.08 bits per heavy atom. The van der Waals surface area contributed by atoms with Crippen molar-refractivity contribution >= 4 is 11.8 Å². The molecular weight excluding hydrogens is 178 g/mol. The summed E-state index contributed by atoms with van der Waals surface area (Å²) >= 11 is 2.22. The molecule has 0 aromatic rings. The highest BCUT2D eigenvalue weighted by Gasteiger charge is 2.19. The van der Waals surface area contributed by atoms with Crippen molar-refractivity contribution in [3.8, 4) is 0 Å². The van der Waals surface area contributed by atoms with Crippen molar-refractivity contribution in [3.63, 3.8) is 0 Å². The SMILES string of the molecule is C(CNC1CC1)CSC1CCCC1. The van der Waals surface area contributed by atoms with Crippen LogP contribution in [0.2, 0.25) is 0 Å². The van der Waals surface area contributed by atoms with Crippen LogP contribution in [0.4, 0.5) is 0 Å². The maximum atomic E-state index is 3.57. The zero-order valence-electron chi connectivity index (χ0n) is 8.43. The summed E-state index contributed by atoms with van der Waals surface area (Å²) in [6, 6.07) is 0.900. The first-order valence-electron chi connectivity index (χ1n) is 5.80. The zero-order valence-corrected chi connectivity index (χ0v) is 9.24. The Bertz CT molecular complexity index is 139. The van der Waals surface area contributed by atoms with Crippen LogP contribution >= 0.6 is 11.8 Å². The Hall–Kier alpha value is 0.310. The second-order valence-electron chi connectivity index (χ2n) is 4.36. The van der Waals surface area contributed by atoms with E-state index in [1.165, 1.54) is 57.2 Å².